The van der Waals surface area contributed by atoms with Gasteiger partial charge in [-0.15, -0.1) is 0 Å². The molecule has 0 aromatic heterocycles. The number of nitrogens with one attached hydrogen (secondary N) is 1. The van der Waals surface area contributed by atoms with Crippen LogP contribution < -0.4 is 10.1 Å². The SMILES string of the molecule is CC(C)(O)c1cccc2c1NC(=O)CO2. The van der Waals surface area contributed by atoms with Crippen molar-refractivity contribution in [2.75, 3.05) is 11.9 Å². The van der Waals surface area contributed by atoms with Crippen molar-refractivity contribution in [1.29, 1.82) is 0 Å². The topological polar surface area (TPSA) is 58.6 Å². The molecule has 4 heteroatoms. The Morgan fingerprint density at radius 1 is 1.47 bits per heavy atom. The number of benzene rings is 1. The molecule has 4 nitrogen and oxygen atoms in total. The maximum Gasteiger partial charge on any atom is 0.262 e. The Morgan fingerprint density at radius 3 is 2.87 bits per heavy atom. The van der Waals surface area contributed by atoms with Gasteiger partial charge >= 0.3 is 0 Å². The van der Waals surface area contributed by atoms with Crippen LogP contribution in [0, 0.1) is 0 Å². The second-order valence-electron chi connectivity index (χ2n) is 4.07. The Morgan fingerprint density at radius 2 is 2.20 bits per heavy atom. The van der Waals surface area contributed by atoms with Crippen molar-refractivity contribution in [3.8, 4) is 5.75 Å². The van der Waals surface area contributed by atoms with Gasteiger partial charge in [-0.1, -0.05) is 12.1 Å². The summed E-state index contributed by atoms with van der Waals surface area (Å²) in [5.41, 5.74) is 0.230. The fraction of sp³-hybridized carbons (Fsp3) is 0.364. The Balaban J connectivity index is 2.53. The number of aliphatic hydroxyl groups is 1. The van der Waals surface area contributed by atoms with E-state index < -0.39 is 5.60 Å². The van der Waals surface area contributed by atoms with E-state index in [0.29, 0.717) is 17.0 Å². The van der Waals surface area contributed by atoms with Crippen LogP contribution in [0.4, 0.5) is 5.69 Å². The van der Waals surface area contributed by atoms with Crippen molar-refractivity contribution in [1.82, 2.24) is 0 Å². The van der Waals surface area contributed by atoms with Crippen molar-refractivity contribution >= 4 is 11.6 Å². The number of carbonyl (C=O) groups excluding carboxylic acids is 1. The Hall–Kier alpha value is -1.55. The molecule has 1 amide bonds. The molecule has 15 heavy (non-hydrogen) atoms. The fourth-order valence-corrected chi connectivity index (χ4v) is 1.61. The monoisotopic (exact) mass is 207 g/mol. The lowest BCUT2D eigenvalue weighted by Crippen LogP contribution is -2.28. The van der Waals surface area contributed by atoms with Gasteiger partial charge < -0.3 is 15.2 Å². The third kappa shape index (κ3) is 1.80. The summed E-state index contributed by atoms with van der Waals surface area (Å²) in [5.74, 6) is 0.411. The zero-order valence-corrected chi connectivity index (χ0v) is 8.70. The Kier molecular flexibility index (Phi) is 2.16. The quantitative estimate of drug-likeness (QED) is 0.728. The van der Waals surface area contributed by atoms with E-state index in [1.54, 1.807) is 32.0 Å². The summed E-state index contributed by atoms with van der Waals surface area (Å²) in [6, 6.07) is 5.33. The van der Waals surface area contributed by atoms with Crippen LogP contribution in [-0.2, 0) is 10.4 Å². The second kappa shape index (κ2) is 3.24. The fourth-order valence-electron chi connectivity index (χ4n) is 1.61. The van der Waals surface area contributed by atoms with Crippen LogP contribution >= 0.6 is 0 Å². The molecule has 0 atom stereocenters. The van der Waals surface area contributed by atoms with Crippen molar-refractivity contribution in [3.63, 3.8) is 0 Å². The average molecular weight is 207 g/mol. The maximum absolute atomic E-state index is 11.2. The lowest BCUT2D eigenvalue weighted by molar-refractivity contribution is -0.118. The molecular weight excluding hydrogens is 194 g/mol. The highest BCUT2D eigenvalue weighted by Gasteiger charge is 2.26. The zero-order chi connectivity index (χ0) is 11.1. The van der Waals surface area contributed by atoms with E-state index in [1.165, 1.54) is 0 Å². The zero-order valence-electron chi connectivity index (χ0n) is 8.70. The lowest BCUT2D eigenvalue weighted by Gasteiger charge is -2.26. The van der Waals surface area contributed by atoms with Crippen molar-refractivity contribution < 1.29 is 14.6 Å². The van der Waals surface area contributed by atoms with E-state index in [0.717, 1.165) is 0 Å². The van der Waals surface area contributed by atoms with Crippen LogP contribution in [0.5, 0.6) is 5.75 Å². The molecule has 1 aliphatic heterocycles. The normalized spacial score (nSPS) is 15.3. The Labute approximate surface area is 87.9 Å². The molecule has 0 saturated heterocycles. The number of anilines is 1. The molecular formula is C11H13NO3. The summed E-state index contributed by atoms with van der Waals surface area (Å²) in [7, 11) is 0. The molecule has 1 aromatic carbocycles. The second-order valence-corrected chi connectivity index (χ2v) is 4.07. The van der Waals surface area contributed by atoms with Crippen LogP contribution in [0.3, 0.4) is 0 Å². The molecule has 0 spiro atoms. The van der Waals surface area contributed by atoms with Gasteiger partial charge in [0.2, 0.25) is 0 Å². The first kappa shape index (κ1) is 9.98. The first-order valence-electron chi connectivity index (χ1n) is 4.77. The summed E-state index contributed by atoms with van der Waals surface area (Å²) >= 11 is 0. The average Bonchev–Trinajstić information content (AvgIpc) is 2.15. The van der Waals surface area contributed by atoms with Gasteiger partial charge in [0.15, 0.2) is 6.61 Å². The minimum Gasteiger partial charge on any atom is -0.482 e. The Bertz CT molecular complexity index is 407. The molecule has 0 radical (unpaired) electrons. The van der Waals surface area contributed by atoms with E-state index in [1.807, 2.05) is 0 Å². The molecule has 1 heterocycles. The van der Waals surface area contributed by atoms with Gasteiger partial charge in [-0.3, -0.25) is 4.79 Å². The molecule has 0 fully saturated rings. The number of amides is 1. The minimum atomic E-state index is -1.00. The summed E-state index contributed by atoms with van der Waals surface area (Å²) in [5, 5.41) is 12.6. The third-order valence-corrected chi connectivity index (χ3v) is 2.31. The molecule has 80 valence electrons. The highest BCUT2D eigenvalue weighted by atomic mass is 16.5. The van der Waals surface area contributed by atoms with E-state index >= 15 is 0 Å². The minimum absolute atomic E-state index is 0.0301. The number of ether oxygens (including phenoxy) is 1. The number of carbonyl (C=O) groups is 1. The highest BCUT2D eigenvalue weighted by molar-refractivity contribution is 5.96. The van der Waals surface area contributed by atoms with Crippen molar-refractivity contribution in [2.45, 2.75) is 19.4 Å². The number of hydrogen-bond acceptors (Lipinski definition) is 3. The van der Waals surface area contributed by atoms with Crippen molar-refractivity contribution in [2.24, 2.45) is 0 Å². The molecule has 2 rings (SSSR count). The van der Waals surface area contributed by atoms with Gasteiger partial charge in [-0.25, -0.2) is 0 Å². The molecule has 1 aliphatic rings. The molecule has 2 N–H and O–H groups in total. The molecule has 1 aromatic rings. The third-order valence-electron chi connectivity index (χ3n) is 2.31. The van der Waals surface area contributed by atoms with Crippen LogP contribution in [0.1, 0.15) is 19.4 Å². The molecule has 0 saturated carbocycles. The summed E-state index contributed by atoms with van der Waals surface area (Å²) in [6.45, 7) is 3.37. The molecule has 0 unspecified atom stereocenters. The predicted octanol–water partition coefficient (Wildman–Crippen LogP) is 1.24. The summed E-state index contributed by atoms with van der Waals surface area (Å²) in [4.78, 5) is 11.2. The van der Waals surface area contributed by atoms with Crippen molar-refractivity contribution in [3.05, 3.63) is 23.8 Å². The predicted molar refractivity (Wildman–Crippen MR) is 55.8 cm³/mol. The molecule has 0 bridgehead atoms. The van der Waals surface area contributed by atoms with Gasteiger partial charge in [0.05, 0.1) is 11.3 Å². The van der Waals surface area contributed by atoms with Crippen LogP contribution in [0.25, 0.3) is 0 Å². The van der Waals surface area contributed by atoms with E-state index in [9.17, 15) is 9.90 Å². The first-order valence-corrected chi connectivity index (χ1v) is 4.77. The van der Waals surface area contributed by atoms with Crippen LogP contribution in [-0.4, -0.2) is 17.6 Å². The van der Waals surface area contributed by atoms with Gasteiger partial charge in [-0.2, -0.15) is 0 Å². The van der Waals surface area contributed by atoms with Gasteiger partial charge in [-0.05, 0) is 19.9 Å². The molecule has 0 aliphatic carbocycles. The van der Waals surface area contributed by atoms with E-state index in [-0.39, 0.29) is 12.5 Å². The number of fused-ring (bicyclic) bond motifs is 1. The number of para-hydroxylation sites is 1. The van der Waals surface area contributed by atoms with E-state index in [4.69, 9.17) is 4.74 Å². The summed E-state index contributed by atoms with van der Waals surface area (Å²) < 4.78 is 5.25. The number of hydrogen-bond donors (Lipinski definition) is 2. The van der Waals surface area contributed by atoms with Gasteiger partial charge in [0.1, 0.15) is 5.75 Å². The standard InChI is InChI=1S/C11H13NO3/c1-11(2,14)7-4-3-5-8-10(7)12-9(13)6-15-8/h3-5,14H,6H2,1-2H3,(H,12,13). The highest BCUT2D eigenvalue weighted by Crippen LogP contribution is 2.36. The van der Waals surface area contributed by atoms with Gasteiger partial charge in [0, 0.05) is 5.56 Å². The van der Waals surface area contributed by atoms with Crippen LogP contribution in [0.2, 0.25) is 0 Å². The maximum atomic E-state index is 11.2. The lowest BCUT2D eigenvalue weighted by atomic mass is 9.95. The summed E-state index contributed by atoms with van der Waals surface area (Å²) in [6.07, 6.45) is 0. The van der Waals surface area contributed by atoms with E-state index in [2.05, 4.69) is 5.32 Å². The van der Waals surface area contributed by atoms with Crippen LogP contribution in [0.15, 0.2) is 18.2 Å². The smallest absolute Gasteiger partial charge is 0.262 e. The first-order chi connectivity index (χ1) is 6.98. The largest absolute Gasteiger partial charge is 0.482 e. The van der Waals surface area contributed by atoms with Gasteiger partial charge in [0.25, 0.3) is 5.91 Å². The number of rotatable bonds is 1.